The molecule has 1 aromatic heterocycles. The molecule has 2 N–H and O–H groups in total. The Bertz CT molecular complexity index is 233. The van der Waals surface area contributed by atoms with Crippen LogP contribution in [0.3, 0.4) is 0 Å². The predicted molar refractivity (Wildman–Crippen MR) is 57.2 cm³/mol. The molecular formula is C10H17ClN2. The van der Waals surface area contributed by atoms with Gasteiger partial charge in [-0.2, -0.15) is 0 Å². The van der Waals surface area contributed by atoms with Gasteiger partial charge < -0.3 is 10.3 Å². The maximum Gasteiger partial charge on any atom is 0.0481 e. The summed E-state index contributed by atoms with van der Waals surface area (Å²) in [7, 11) is 0. The number of aromatic nitrogens is 1. The van der Waals surface area contributed by atoms with Gasteiger partial charge in [0.1, 0.15) is 0 Å². The third-order valence-electron chi connectivity index (χ3n) is 2.79. The first kappa shape index (κ1) is 10.6. The molecule has 74 valence electrons. The van der Waals surface area contributed by atoms with Gasteiger partial charge in [-0.3, -0.25) is 0 Å². The number of rotatable bonds is 1. The topological polar surface area (TPSA) is 30.9 Å². The molecule has 2 atom stereocenters. The van der Waals surface area contributed by atoms with Crippen LogP contribution in [-0.2, 0) is 0 Å². The normalized spacial score (nSPS) is 28.1. The Morgan fingerprint density at radius 1 is 1.08 bits per heavy atom. The van der Waals surface area contributed by atoms with E-state index in [9.17, 15) is 0 Å². The molecule has 1 heterocycles. The van der Waals surface area contributed by atoms with Crippen molar-refractivity contribution in [2.45, 2.75) is 37.8 Å². The molecule has 0 amide bonds. The van der Waals surface area contributed by atoms with Gasteiger partial charge in [-0.25, -0.2) is 0 Å². The minimum atomic E-state index is 0. The fourth-order valence-corrected chi connectivity index (χ4v) is 2.08. The van der Waals surface area contributed by atoms with Crippen LogP contribution in [-0.4, -0.2) is 10.6 Å². The van der Waals surface area contributed by atoms with Crippen molar-refractivity contribution in [3.05, 3.63) is 24.5 Å². The minimum absolute atomic E-state index is 0. The lowest BCUT2D eigenvalue weighted by Crippen LogP contribution is -2.34. The minimum Gasteiger partial charge on any atom is -0.350 e. The smallest absolute Gasteiger partial charge is 0.0481 e. The summed E-state index contributed by atoms with van der Waals surface area (Å²) in [6.45, 7) is 0. The summed E-state index contributed by atoms with van der Waals surface area (Å²) in [5.41, 5.74) is 6.05. The van der Waals surface area contributed by atoms with Crippen LogP contribution in [0, 0.1) is 0 Å². The predicted octanol–water partition coefficient (Wildman–Crippen LogP) is 2.35. The van der Waals surface area contributed by atoms with E-state index >= 15 is 0 Å². The maximum atomic E-state index is 6.05. The third-order valence-corrected chi connectivity index (χ3v) is 2.79. The number of nitrogens with zero attached hydrogens (tertiary/aromatic N) is 1. The van der Waals surface area contributed by atoms with Crippen LogP contribution in [0.2, 0.25) is 0 Å². The molecule has 2 unspecified atom stereocenters. The van der Waals surface area contributed by atoms with Gasteiger partial charge in [-0.1, -0.05) is 12.8 Å². The highest BCUT2D eigenvalue weighted by atomic mass is 35.5. The van der Waals surface area contributed by atoms with Gasteiger partial charge in [0.15, 0.2) is 0 Å². The quantitative estimate of drug-likeness (QED) is 0.742. The molecule has 2 rings (SSSR count). The highest BCUT2D eigenvalue weighted by Gasteiger charge is 2.21. The second-order valence-corrected chi connectivity index (χ2v) is 3.65. The second kappa shape index (κ2) is 4.68. The molecule has 1 aromatic rings. The summed E-state index contributed by atoms with van der Waals surface area (Å²) < 4.78 is 2.25. The summed E-state index contributed by atoms with van der Waals surface area (Å²) in [6, 6.07) is 5.06. The molecule has 1 aliphatic carbocycles. The third kappa shape index (κ3) is 2.26. The number of hydrogen-bond donors (Lipinski definition) is 1. The Kier molecular flexibility index (Phi) is 3.82. The Morgan fingerprint density at radius 3 is 2.31 bits per heavy atom. The van der Waals surface area contributed by atoms with Crippen LogP contribution in [0.5, 0.6) is 0 Å². The maximum absolute atomic E-state index is 6.05. The number of hydrogen-bond acceptors (Lipinski definition) is 1. The second-order valence-electron chi connectivity index (χ2n) is 3.65. The van der Waals surface area contributed by atoms with E-state index in [1.54, 1.807) is 0 Å². The molecule has 0 saturated heterocycles. The van der Waals surface area contributed by atoms with Crippen LogP contribution < -0.4 is 5.73 Å². The van der Waals surface area contributed by atoms with Crippen molar-refractivity contribution in [2.75, 3.05) is 0 Å². The largest absolute Gasteiger partial charge is 0.350 e. The summed E-state index contributed by atoms with van der Waals surface area (Å²) in [4.78, 5) is 0. The van der Waals surface area contributed by atoms with Crippen molar-refractivity contribution < 1.29 is 0 Å². The van der Waals surface area contributed by atoms with Gasteiger partial charge in [-0.05, 0) is 25.0 Å². The van der Waals surface area contributed by atoms with Gasteiger partial charge in [0, 0.05) is 24.5 Å². The van der Waals surface area contributed by atoms with Gasteiger partial charge in [0.2, 0.25) is 0 Å². The summed E-state index contributed by atoms with van der Waals surface area (Å²) >= 11 is 0. The van der Waals surface area contributed by atoms with Gasteiger partial charge in [0.25, 0.3) is 0 Å². The number of nitrogens with two attached hydrogens (primary N) is 1. The molecule has 0 bridgehead atoms. The summed E-state index contributed by atoms with van der Waals surface area (Å²) in [5.74, 6) is 0. The van der Waals surface area contributed by atoms with Crippen molar-refractivity contribution in [3.63, 3.8) is 0 Å². The van der Waals surface area contributed by atoms with Crippen molar-refractivity contribution in [1.29, 1.82) is 0 Å². The first-order valence-corrected chi connectivity index (χ1v) is 4.76. The van der Waals surface area contributed by atoms with Crippen LogP contribution >= 0.6 is 12.4 Å². The van der Waals surface area contributed by atoms with E-state index in [0.29, 0.717) is 12.1 Å². The average Bonchev–Trinajstić information content (AvgIpc) is 2.57. The molecule has 2 nitrogen and oxygen atoms in total. The zero-order chi connectivity index (χ0) is 8.39. The molecule has 1 aliphatic rings. The van der Waals surface area contributed by atoms with Crippen LogP contribution in [0.15, 0.2) is 24.5 Å². The van der Waals surface area contributed by atoms with Gasteiger partial charge in [-0.15, -0.1) is 12.4 Å². The Balaban J connectivity index is 0.000000845. The molecule has 0 aromatic carbocycles. The molecule has 0 spiro atoms. The fourth-order valence-electron chi connectivity index (χ4n) is 2.08. The van der Waals surface area contributed by atoms with Crippen LogP contribution in [0.25, 0.3) is 0 Å². The number of halogens is 1. The lowest BCUT2D eigenvalue weighted by molar-refractivity contribution is 0.307. The standard InChI is InChI=1S/C10H16N2.ClH/c11-9-5-1-2-6-10(9)12-7-3-4-8-12;/h3-4,7-10H,1-2,5-6,11H2;1H. The van der Waals surface area contributed by atoms with Gasteiger partial charge >= 0.3 is 0 Å². The first-order chi connectivity index (χ1) is 5.88. The van der Waals surface area contributed by atoms with E-state index in [1.807, 2.05) is 0 Å². The molecular weight excluding hydrogens is 184 g/mol. The van der Waals surface area contributed by atoms with E-state index in [1.165, 1.54) is 25.7 Å². The molecule has 13 heavy (non-hydrogen) atoms. The zero-order valence-corrected chi connectivity index (χ0v) is 8.54. The van der Waals surface area contributed by atoms with E-state index in [-0.39, 0.29) is 12.4 Å². The van der Waals surface area contributed by atoms with Crippen molar-refractivity contribution in [1.82, 2.24) is 4.57 Å². The van der Waals surface area contributed by atoms with E-state index in [2.05, 4.69) is 29.1 Å². The zero-order valence-electron chi connectivity index (χ0n) is 7.73. The van der Waals surface area contributed by atoms with Crippen molar-refractivity contribution in [3.8, 4) is 0 Å². The summed E-state index contributed by atoms with van der Waals surface area (Å²) in [6.07, 6.45) is 9.31. The lowest BCUT2D eigenvalue weighted by atomic mass is 9.91. The highest BCUT2D eigenvalue weighted by Crippen LogP contribution is 2.26. The lowest BCUT2D eigenvalue weighted by Gasteiger charge is -2.29. The van der Waals surface area contributed by atoms with Crippen LogP contribution in [0.1, 0.15) is 31.7 Å². The van der Waals surface area contributed by atoms with E-state index in [4.69, 9.17) is 5.73 Å². The fraction of sp³-hybridized carbons (Fsp3) is 0.600. The average molecular weight is 201 g/mol. The Morgan fingerprint density at radius 2 is 1.69 bits per heavy atom. The van der Waals surface area contributed by atoms with Crippen molar-refractivity contribution in [2.24, 2.45) is 5.73 Å². The van der Waals surface area contributed by atoms with E-state index in [0.717, 1.165) is 0 Å². The summed E-state index contributed by atoms with van der Waals surface area (Å²) in [5, 5.41) is 0. The molecule has 1 saturated carbocycles. The molecule has 0 aliphatic heterocycles. The Hall–Kier alpha value is -0.470. The highest BCUT2D eigenvalue weighted by molar-refractivity contribution is 5.85. The first-order valence-electron chi connectivity index (χ1n) is 4.76. The molecule has 0 radical (unpaired) electrons. The SMILES string of the molecule is Cl.NC1CCCCC1n1cccc1. The molecule has 1 fully saturated rings. The van der Waals surface area contributed by atoms with E-state index < -0.39 is 0 Å². The molecule has 3 heteroatoms. The van der Waals surface area contributed by atoms with Crippen LogP contribution in [0.4, 0.5) is 0 Å². The van der Waals surface area contributed by atoms with Gasteiger partial charge in [0.05, 0.1) is 0 Å². The van der Waals surface area contributed by atoms with Crippen molar-refractivity contribution >= 4 is 12.4 Å². The monoisotopic (exact) mass is 200 g/mol. The Labute approximate surface area is 85.5 Å².